The Morgan fingerprint density at radius 3 is 1.12 bits per heavy atom. The molecule has 0 aliphatic heterocycles. The fourth-order valence-corrected chi connectivity index (χ4v) is 11.8. The number of unbranched alkanes of at least 4 members (excludes halogenated alkanes) is 10. The molecule has 0 unspecified atom stereocenters. The zero-order valence-electron chi connectivity index (χ0n) is 47.4. The summed E-state index contributed by atoms with van der Waals surface area (Å²) >= 11 is 0. The van der Waals surface area contributed by atoms with Gasteiger partial charge in [0.2, 0.25) is 0 Å². The number of benzene rings is 7. The van der Waals surface area contributed by atoms with Crippen LogP contribution in [0.5, 0.6) is 0 Å². The maximum absolute atomic E-state index is 3.70. The van der Waals surface area contributed by atoms with E-state index in [-0.39, 0.29) is 16.2 Å². The highest BCUT2D eigenvalue weighted by Gasteiger charge is 2.42. The van der Waals surface area contributed by atoms with Crippen LogP contribution in [-0.2, 0) is 16.2 Å². The van der Waals surface area contributed by atoms with Gasteiger partial charge in [-0.05, 0) is 145 Å². The first-order valence-corrected chi connectivity index (χ1v) is 32.1. The van der Waals surface area contributed by atoms with E-state index in [1.807, 2.05) is 0 Å². The molecule has 0 aromatic heterocycles. The molecule has 8 rings (SSSR count). The van der Waals surface area contributed by atoms with Crippen LogP contribution in [0.25, 0.3) is 44.5 Å². The van der Waals surface area contributed by atoms with Crippen LogP contribution in [0.2, 0.25) is 19.6 Å². The monoisotopic (exact) mass is 994 g/mol. The summed E-state index contributed by atoms with van der Waals surface area (Å²) in [5.74, 6) is 3.68. The predicted octanol–water partition coefficient (Wildman–Crippen LogP) is 21.7. The third-order valence-corrected chi connectivity index (χ3v) is 16.6. The van der Waals surface area contributed by atoms with Crippen molar-refractivity contribution < 1.29 is 0 Å². The predicted molar refractivity (Wildman–Crippen MR) is 327 cm³/mol. The molecule has 7 aromatic carbocycles. The summed E-state index contributed by atoms with van der Waals surface area (Å²) in [6.45, 7) is 25.4. The summed E-state index contributed by atoms with van der Waals surface area (Å²) in [4.78, 5) is 2.41. The first kappa shape index (κ1) is 54.4. The van der Waals surface area contributed by atoms with Crippen LogP contribution in [-0.4, -0.2) is 8.07 Å². The molecule has 1 aliphatic rings. The van der Waals surface area contributed by atoms with Crippen LogP contribution >= 0.6 is 0 Å². The lowest BCUT2D eigenvalue weighted by atomic mass is 9.70. The normalized spacial score (nSPS) is 13.0. The highest BCUT2D eigenvalue weighted by Crippen LogP contribution is 2.55. The third kappa shape index (κ3) is 13.1. The van der Waals surface area contributed by atoms with Crippen LogP contribution in [0.15, 0.2) is 158 Å². The van der Waals surface area contributed by atoms with Crippen LogP contribution in [0.1, 0.15) is 173 Å². The number of hydrogen-bond acceptors (Lipinski definition) is 1. The van der Waals surface area contributed by atoms with Crippen molar-refractivity contribution in [2.24, 2.45) is 0 Å². The van der Waals surface area contributed by atoms with Gasteiger partial charge in [-0.2, -0.15) is 0 Å². The Hall–Kier alpha value is -5.88. The largest absolute Gasteiger partial charge is 0.311 e. The molecule has 7 aromatic rings. The molecule has 0 amide bonds. The van der Waals surface area contributed by atoms with Gasteiger partial charge in [0.1, 0.15) is 8.07 Å². The number of nitrogens with zero attached hydrogens (tertiary/aromatic N) is 1. The quantitative estimate of drug-likeness (QED) is 0.0418. The van der Waals surface area contributed by atoms with E-state index in [9.17, 15) is 0 Å². The maximum atomic E-state index is 3.70. The average Bonchev–Trinajstić information content (AvgIpc) is 3.68. The second-order valence-corrected chi connectivity index (χ2v) is 29.5. The number of anilines is 3. The molecule has 0 saturated heterocycles. The van der Waals surface area contributed by atoms with Crippen molar-refractivity contribution in [2.75, 3.05) is 4.90 Å². The van der Waals surface area contributed by atoms with Gasteiger partial charge in [-0.15, -0.1) is 5.54 Å². The van der Waals surface area contributed by atoms with Gasteiger partial charge in [0.25, 0.3) is 0 Å². The van der Waals surface area contributed by atoms with E-state index >= 15 is 0 Å². The van der Waals surface area contributed by atoms with E-state index in [4.69, 9.17) is 0 Å². The third-order valence-electron chi connectivity index (χ3n) is 15.7. The maximum Gasteiger partial charge on any atom is 0.129 e. The zero-order valence-corrected chi connectivity index (χ0v) is 48.4. The molecule has 0 bridgehead atoms. The summed E-state index contributed by atoms with van der Waals surface area (Å²) in [6, 6.07) is 60.5. The van der Waals surface area contributed by atoms with Crippen LogP contribution < -0.4 is 4.90 Å². The highest BCUT2D eigenvalue weighted by atomic mass is 28.3. The van der Waals surface area contributed by atoms with Crippen molar-refractivity contribution in [3.63, 3.8) is 0 Å². The zero-order chi connectivity index (χ0) is 52.5. The fourth-order valence-electron chi connectivity index (χ4n) is 11.3. The van der Waals surface area contributed by atoms with Gasteiger partial charge in [-0.1, -0.05) is 261 Å². The molecule has 0 atom stereocenters. The van der Waals surface area contributed by atoms with Gasteiger partial charge in [0, 0.05) is 28.0 Å². The molecule has 0 heterocycles. The molecule has 1 aliphatic carbocycles. The molecule has 0 N–H and O–H groups in total. The second-order valence-electron chi connectivity index (χ2n) is 24.8. The van der Waals surface area contributed by atoms with E-state index in [0.29, 0.717) is 0 Å². The van der Waals surface area contributed by atoms with Crippen molar-refractivity contribution in [2.45, 2.75) is 181 Å². The lowest BCUT2D eigenvalue weighted by Gasteiger charge is -2.33. The van der Waals surface area contributed by atoms with E-state index < -0.39 is 8.07 Å². The Labute approximate surface area is 450 Å². The summed E-state index contributed by atoms with van der Waals surface area (Å²) < 4.78 is 0. The van der Waals surface area contributed by atoms with Crippen molar-refractivity contribution in [3.05, 3.63) is 186 Å². The minimum atomic E-state index is -1.54. The lowest BCUT2D eigenvalue weighted by molar-refractivity contribution is 0.398. The van der Waals surface area contributed by atoms with Gasteiger partial charge in [-0.25, -0.2) is 0 Å². The van der Waals surface area contributed by atoms with Gasteiger partial charge < -0.3 is 4.90 Å². The Balaban J connectivity index is 1.16. The van der Waals surface area contributed by atoms with Crippen molar-refractivity contribution >= 4 is 25.1 Å². The van der Waals surface area contributed by atoms with E-state index in [1.54, 1.807) is 0 Å². The van der Waals surface area contributed by atoms with Crippen LogP contribution in [0.4, 0.5) is 17.1 Å². The number of rotatable bonds is 20. The van der Waals surface area contributed by atoms with Crippen LogP contribution in [0, 0.1) is 11.5 Å². The highest BCUT2D eigenvalue weighted by molar-refractivity contribution is 6.83. The topological polar surface area (TPSA) is 3.24 Å². The summed E-state index contributed by atoms with van der Waals surface area (Å²) in [6.07, 6.45) is 18.1. The van der Waals surface area contributed by atoms with Gasteiger partial charge in [0.15, 0.2) is 0 Å². The second kappa shape index (κ2) is 23.8. The molecule has 0 saturated carbocycles. The smallest absolute Gasteiger partial charge is 0.129 e. The number of fused-ring (bicyclic) bond motifs is 3. The Kier molecular flexibility index (Phi) is 17.5. The molecular formula is C72H87NSi. The summed E-state index contributed by atoms with van der Waals surface area (Å²) in [5, 5.41) is 0. The molecule has 0 radical (unpaired) electrons. The first-order valence-electron chi connectivity index (χ1n) is 28.6. The molecule has 384 valence electrons. The number of hydrogen-bond donors (Lipinski definition) is 0. The minimum Gasteiger partial charge on any atom is -0.311 e. The summed E-state index contributed by atoms with van der Waals surface area (Å²) in [5.41, 5.74) is 24.6. The van der Waals surface area contributed by atoms with Crippen LogP contribution in [0.3, 0.4) is 0 Å². The molecule has 1 nitrogen and oxygen atoms in total. The standard InChI is InChI=1S/C72H87NSi/c1-12-14-16-18-20-22-49-72(50-23-21-19-17-15-13-2)68-52-54(48-51-74(9,10)11)24-46-66(68)67-47-35-60(53-69(67)72)59-33-44-65(45-34-59)73(63-40-29-57(30-41-63)55-25-36-61(37-26-55)70(3,4)5)64-42-31-58(32-43-64)56-27-38-62(39-28-56)71(6,7)8/h24-47,52-53H,12-23,49-50H2,1-11H3. The molecule has 0 spiro atoms. The average molecular weight is 995 g/mol. The SMILES string of the molecule is CCCCCCCCC1(CCCCCCCC)c2cc(C#C[Si](C)(C)C)ccc2-c2ccc(-c3ccc(N(c4ccc(-c5ccc(C(C)(C)C)cc5)cc4)c4ccc(-c5ccc(C(C)(C)C)cc5)cc4)cc3)cc21. The van der Waals surface area contributed by atoms with E-state index in [2.05, 4.69) is 249 Å². The fraction of sp³-hybridized carbons (Fsp3) is 0.389. The molecule has 2 heteroatoms. The van der Waals surface area contributed by atoms with Crippen molar-refractivity contribution in [3.8, 4) is 56.0 Å². The Bertz CT molecular complexity index is 2860. The molecule has 0 fully saturated rings. The Morgan fingerprint density at radius 2 is 0.730 bits per heavy atom. The molecule has 74 heavy (non-hydrogen) atoms. The molecular weight excluding hydrogens is 907 g/mol. The van der Waals surface area contributed by atoms with Gasteiger partial charge >= 0.3 is 0 Å². The van der Waals surface area contributed by atoms with Crippen molar-refractivity contribution in [1.82, 2.24) is 0 Å². The summed E-state index contributed by atoms with van der Waals surface area (Å²) in [7, 11) is -1.54. The minimum absolute atomic E-state index is 0.0225. The van der Waals surface area contributed by atoms with E-state index in [0.717, 1.165) is 17.1 Å². The first-order chi connectivity index (χ1) is 35.5. The lowest BCUT2D eigenvalue weighted by Crippen LogP contribution is -2.26. The van der Waals surface area contributed by atoms with Crippen molar-refractivity contribution in [1.29, 1.82) is 0 Å². The van der Waals surface area contributed by atoms with Gasteiger partial charge in [0.05, 0.1) is 0 Å². The van der Waals surface area contributed by atoms with E-state index in [1.165, 1.54) is 162 Å². The van der Waals surface area contributed by atoms with Gasteiger partial charge in [-0.3, -0.25) is 0 Å². The Morgan fingerprint density at radius 1 is 0.392 bits per heavy atom.